The lowest BCUT2D eigenvalue weighted by Gasteiger charge is -2.36. The van der Waals surface area contributed by atoms with Gasteiger partial charge in [0.25, 0.3) is 0 Å². The third-order valence-electron chi connectivity index (χ3n) is 4.96. The Morgan fingerprint density at radius 1 is 1.15 bits per heavy atom. The lowest BCUT2D eigenvalue weighted by Crippen LogP contribution is -2.45. The number of rotatable bonds is 4. The molecule has 1 aromatic carbocycles. The van der Waals surface area contributed by atoms with Gasteiger partial charge in [-0.25, -0.2) is 9.78 Å². The Morgan fingerprint density at radius 3 is 2.65 bits per heavy atom. The molecule has 0 atom stereocenters. The van der Waals surface area contributed by atoms with Crippen LogP contribution in [-0.4, -0.2) is 54.1 Å². The zero-order valence-electron chi connectivity index (χ0n) is 14.8. The highest BCUT2D eigenvalue weighted by Gasteiger charge is 2.19. The number of pyridine rings is 1. The van der Waals surface area contributed by atoms with Crippen LogP contribution in [0.15, 0.2) is 48.8 Å². The van der Waals surface area contributed by atoms with Crippen molar-refractivity contribution in [2.75, 3.05) is 38.2 Å². The van der Waals surface area contributed by atoms with Gasteiger partial charge in [-0.1, -0.05) is 0 Å². The minimum atomic E-state index is -0.297. The van der Waals surface area contributed by atoms with E-state index in [1.165, 1.54) is 18.1 Å². The number of carbonyl (C=O) groups excluding carboxylic acids is 1. The average molecular weight is 350 g/mol. The van der Waals surface area contributed by atoms with Crippen LogP contribution in [0.4, 0.5) is 5.69 Å². The molecule has 0 spiro atoms. The van der Waals surface area contributed by atoms with Crippen molar-refractivity contribution in [1.82, 2.24) is 14.9 Å². The Kier molecular flexibility index (Phi) is 4.58. The normalized spacial score (nSPS) is 15.3. The number of aromatic nitrogens is 2. The maximum absolute atomic E-state index is 11.5. The molecule has 3 heterocycles. The summed E-state index contributed by atoms with van der Waals surface area (Å²) in [6, 6.07) is 11.7. The van der Waals surface area contributed by atoms with Crippen LogP contribution in [0.25, 0.3) is 11.0 Å². The Labute approximate surface area is 152 Å². The minimum Gasteiger partial charge on any atom is -0.465 e. The van der Waals surface area contributed by atoms with Crippen molar-refractivity contribution >= 4 is 22.7 Å². The third-order valence-corrected chi connectivity index (χ3v) is 4.96. The molecule has 1 saturated heterocycles. The number of hydrogen-bond acceptors (Lipinski definition) is 5. The highest BCUT2D eigenvalue weighted by atomic mass is 16.5. The third kappa shape index (κ3) is 3.28. The number of carbonyl (C=O) groups is 1. The molecular formula is C20H22N4O2. The number of esters is 1. The molecule has 0 bridgehead atoms. The summed E-state index contributed by atoms with van der Waals surface area (Å²) in [5.41, 5.74) is 3.98. The van der Waals surface area contributed by atoms with Crippen LogP contribution in [0.1, 0.15) is 15.9 Å². The van der Waals surface area contributed by atoms with Gasteiger partial charge >= 0.3 is 5.97 Å². The van der Waals surface area contributed by atoms with Crippen molar-refractivity contribution in [3.8, 4) is 0 Å². The number of ether oxygens (including phenoxy) is 1. The van der Waals surface area contributed by atoms with Gasteiger partial charge in [0.15, 0.2) is 0 Å². The van der Waals surface area contributed by atoms with Gasteiger partial charge in [0.05, 0.1) is 12.7 Å². The summed E-state index contributed by atoms with van der Waals surface area (Å²) in [7, 11) is 1.40. The van der Waals surface area contributed by atoms with E-state index in [9.17, 15) is 4.79 Å². The lowest BCUT2D eigenvalue weighted by molar-refractivity contribution is 0.0601. The Hall–Kier alpha value is -2.86. The van der Waals surface area contributed by atoms with Gasteiger partial charge in [-0.15, -0.1) is 0 Å². The number of nitrogens with one attached hydrogen (secondary N) is 1. The van der Waals surface area contributed by atoms with Gasteiger partial charge in [-0.3, -0.25) is 4.90 Å². The highest BCUT2D eigenvalue weighted by Crippen LogP contribution is 2.21. The van der Waals surface area contributed by atoms with E-state index < -0.39 is 0 Å². The van der Waals surface area contributed by atoms with Crippen LogP contribution in [0.5, 0.6) is 0 Å². The lowest BCUT2D eigenvalue weighted by atomic mass is 10.1. The number of aromatic amines is 1. The number of methoxy groups -OCH3 is 1. The van der Waals surface area contributed by atoms with Crippen LogP contribution in [0.3, 0.4) is 0 Å². The number of H-pyrrole nitrogens is 1. The maximum Gasteiger partial charge on any atom is 0.337 e. The summed E-state index contributed by atoms with van der Waals surface area (Å²) in [5, 5.41) is 1.20. The van der Waals surface area contributed by atoms with E-state index in [4.69, 9.17) is 4.74 Å². The smallest absolute Gasteiger partial charge is 0.337 e. The Bertz CT molecular complexity index is 896. The van der Waals surface area contributed by atoms with Gasteiger partial charge in [0.2, 0.25) is 0 Å². The van der Waals surface area contributed by atoms with Gasteiger partial charge in [0, 0.05) is 56.2 Å². The molecule has 0 saturated carbocycles. The van der Waals surface area contributed by atoms with Crippen LogP contribution in [-0.2, 0) is 11.3 Å². The van der Waals surface area contributed by atoms with Gasteiger partial charge < -0.3 is 14.6 Å². The van der Waals surface area contributed by atoms with Crippen LogP contribution < -0.4 is 4.90 Å². The van der Waals surface area contributed by atoms with E-state index in [1.807, 2.05) is 36.5 Å². The summed E-state index contributed by atoms with van der Waals surface area (Å²) in [6.45, 7) is 4.88. The van der Waals surface area contributed by atoms with E-state index >= 15 is 0 Å². The van der Waals surface area contributed by atoms with Crippen LogP contribution in [0, 0.1) is 0 Å². The van der Waals surface area contributed by atoms with Crippen molar-refractivity contribution in [3.63, 3.8) is 0 Å². The second-order valence-electron chi connectivity index (χ2n) is 6.52. The first-order chi connectivity index (χ1) is 12.7. The number of hydrogen-bond donors (Lipinski definition) is 1. The van der Waals surface area contributed by atoms with Crippen molar-refractivity contribution in [1.29, 1.82) is 0 Å². The molecular weight excluding hydrogens is 328 g/mol. The van der Waals surface area contributed by atoms with E-state index in [0.29, 0.717) is 5.56 Å². The fraction of sp³-hybridized carbons (Fsp3) is 0.300. The molecule has 0 amide bonds. The molecule has 0 unspecified atom stereocenters. The Balaban J connectivity index is 1.37. The van der Waals surface area contributed by atoms with Crippen LogP contribution in [0.2, 0.25) is 0 Å². The number of anilines is 1. The monoisotopic (exact) mass is 350 g/mol. The summed E-state index contributed by atoms with van der Waals surface area (Å²) in [6.07, 6.45) is 3.88. The summed E-state index contributed by atoms with van der Waals surface area (Å²) >= 11 is 0. The van der Waals surface area contributed by atoms with E-state index in [1.54, 1.807) is 0 Å². The molecule has 26 heavy (non-hydrogen) atoms. The SMILES string of the molecule is COC(=O)c1ccc(N2CCN(Cc3c[nH]c4ncccc34)CC2)cc1. The van der Waals surface area contributed by atoms with Crippen molar-refractivity contribution in [3.05, 3.63) is 59.9 Å². The largest absolute Gasteiger partial charge is 0.465 e. The van der Waals surface area contributed by atoms with Crippen LogP contribution >= 0.6 is 0 Å². The second kappa shape index (κ2) is 7.17. The van der Waals surface area contributed by atoms with Crippen molar-refractivity contribution in [2.45, 2.75) is 6.54 Å². The van der Waals surface area contributed by atoms with Gasteiger partial charge in [-0.2, -0.15) is 0 Å². The first-order valence-electron chi connectivity index (χ1n) is 8.81. The van der Waals surface area contributed by atoms with E-state index in [-0.39, 0.29) is 5.97 Å². The molecule has 1 fully saturated rings. The quantitative estimate of drug-likeness (QED) is 0.733. The topological polar surface area (TPSA) is 61.5 Å². The maximum atomic E-state index is 11.5. The Morgan fingerprint density at radius 2 is 1.92 bits per heavy atom. The summed E-state index contributed by atoms with van der Waals surface area (Å²) in [5.74, 6) is -0.297. The molecule has 1 aliphatic rings. The predicted molar refractivity (Wildman–Crippen MR) is 101 cm³/mol. The molecule has 0 aliphatic carbocycles. The van der Waals surface area contributed by atoms with Gasteiger partial charge in [-0.05, 0) is 42.0 Å². The van der Waals surface area contributed by atoms with Crippen molar-refractivity contribution in [2.24, 2.45) is 0 Å². The zero-order valence-corrected chi connectivity index (χ0v) is 14.8. The number of nitrogens with zero attached hydrogens (tertiary/aromatic N) is 3. The molecule has 134 valence electrons. The standard InChI is InChI=1S/C20H22N4O2/c1-26-20(25)15-4-6-17(7-5-15)24-11-9-23(10-12-24)14-16-13-22-19-18(16)3-2-8-21-19/h2-8,13H,9-12,14H2,1H3,(H,21,22). The summed E-state index contributed by atoms with van der Waals surface area (Å²) < 4.78 is 4.75. The minimum absolute atomic E-state index is 0.297. The fourth-order valence-electron chi connectivity index (χ4n) is 3.47. The average Bonchev–Trinajstić information content (AvgIpc) is 3.11. The molecule has 6 nitrogen and oxygen atoms in total. The second-order valence-corrected chi connectivity index (χ2v) is 6.52. The molecule has 4 rings (SSSR count). The number of fused-ring (bicyclic) bond motifs is 1. The van der Waals surface area contributed by atoms with E-state index in [0.717, 1.165) is 44.1 Å². The zero-order chi connectivity index (χ0) is 17.9. The molecule has 3 aromatic rings. The molecule has 0 radical (unpaired) electrons. The summed E-state index contributed by atoms with van der Waals surface area (Å²) in [4.78, 5) is 24.0. The molecule has 6 heteroatoms. The molecule has 1 N–H and O–H groups in total. The fourth-order valence-corrected chi connectivity index (χ4v) is 3.47. The van der Waals surface area contributed by atoms with E-state index in [2.05, 4.69) is 32.0 Å². The van der Waals surface area contributed by atoms with Crippen molar-refractivity contribution < 1.29 is 9.53 Å². The molecule has 2 aromatic heterocycles. The first-order valence-corrected chi connectivity index (χ1v) is 8.81. The number of piperazine rings is 1. The van der Waals surface area contributed by atoms with Gasteiger partial charge in [0.1, 0.15) is 5.65 Å². The predicted octanol–water partition coefficient (Wildman–Crippen LogP) is 2.67. The number of benzene rings is 1. The first kappa shape index (κ1) is 16.6. The molecule has 1 aliphatic heterocycles. The highest BCUT2D eigenvalue weighted by molar-refractivity contribution is 5.89.